The summed E-state index contributed by atoms with van der Waals surface area (Å²) < 4.78 is 0. The van der Waals surface area contributed by atoms with Gasteiger partial charge in [-0.3, -0.25) is 0 Å². The number of hydrogen-bond donors (Lipinski definition) is 1. The maximum Gasteiger partial charge on any atom is 0.00216 e. The summed E-state index contributed by atoms with van der Waals surface area (Å²) in [7, 11) is 0. The highest BCUT2D eigenvalue weighted by Gasteiger charge is 2.18. The summed E-state index contributed by atoms with van der Waals surface area (Å²) in [4.78, 5) is 2.65. The molecule has 2 atom stereocenters. The molecule has 2 nitrogen and oxygen atoms in total. The van der Waals surface area contributed by atoms with E-state index in [9.17, 15) is 0 Å². The Kier molecular flexibility index (Phi) is 7.06. The van der Waals surface area contributed by atoms with Crippen LogP contribution in [-0.4, -0.2) is 31.1 Å². The van der Waals surface area contributed by atoms with Crippen molar-refractivity contribution in [2.75, 3.05) is 26.2 Å². The number of nitrogens with two attached hydrogens (primary N) is 1. The molecule has 0 saturated carbocycles. The van der Waals surface area contributed by atoms with Crippen molar-refractivity contribution < 1.29 is 0 Å². The highest BCUT2D eigenvalue weighted by molar-refractivity contribution is 4.72. The van der Waals surface area contributed by atoms with Crippen LogP contribution >= 0.6 is 0 Å². The maximum absolute atomic E-state index is 5.79. The minimum absolute atomic E-state index is 0.711. The van der Waals surface area contributed by atoms with Crippen LogP contribution in [0.5, 0.6) is 0 Å². The van der Waals surface area contributed by atoms with E-state index in [1.165, 1.54) is 58.2 Å². The molecule has 0 aromatic heterocycles. The van der Waals surface area contributed by atoms with Crippen molar-refractivity contribution in [3.63, 3.8) is 0 Å². The highest BCUT2D eigenvalue weighted by atomic mass is 15.1. The molecular weight excluding hydrogens is 196 g/mol. The van der Waals surface area contributed by atoms with Gasteiger partial charge in [-0.2, -0.15) is 0 Å². The zero-order valence-electron chi connectivity index (χ0n) is 11.3. The van der Waals surface area contributed by atoms with Crippen molar-refractivity contribution in [1.29, 1.82) is 0 Å². The van der Waals surface area contributed by atoms with Crippen molar-refractivity contribution in [2.24, 2.45) is 17.6 Å². The maximum atomic E-state index is 5.79. The van der Waals surface area contributed by atoms with E-state index in [0.29, 0.717) is 5.92 Å². The number of rotatable bonds is 6. The molecule has 1 saturated heterocycles. The zero-order chi connectivity index (χ0) is 11.8. The number of nitrogens with zero attached hydrogens (tertiary/aromatic N) is 1. The molecule has 0 aromatic rings. The van der Waals surface area contributed by atoms with Crippen molar-refractivity contribution in [3.05, 3.63) is 0 Å². The molecule has 0 aliphatic carbocycles. The molecule has 0 radical (unpaired) electrons. The molecule has 2 N–H and O–H groups in total. The first-order valence-electron chi connectivity index (χ1n) is 7.22. The van der Waals surface area contributed by atoms with Gasteiger partial charge in [0.2, 0.25) is 0 Å². The Hall–Kier alpha value is -0.0800. The van der Waals surface area contributed by atoms with Gasteiger partial charge in [0.15, 0.2) is 0 Å². The Morgan fingerprint density at radius 1 is 1.25 bits per heavy atom. The standard InChI is InChI=1S/C14H30N2/c1-3-6-14-7-5-9-16(10-8-14)12-13(4-2)11-15/h13-14H,3-12,15H2,1-2H3. The second-order valence-corrected chi connectivity index (χ2v) is 5.40. The topological polar surface area (TPSA) is 29.3 Å². The van der Waals surface area contributed by atoms with Gasteiger partial charge in [0.1, 0.15) is 0 Å². The minimum Gasteiger partial charge on any atom is -0.330 e. The van der Waals surface area contributed by atoms with E-state index in [4.69, 9.17) is 5.73 Å². The fraction of sp³-hybridized carbons (Fsp3) is 1.00. The molecule has 0 amide bonds. The van der Waals surface area contributed by atoms with Gasteiger partial charge in [-0.1, -0.05) is 33.1 Å². The predicted octanol–water partition coefficient (Wildman–Crippen LogP) is 2.87. The first-order chi connectivity index (χ1) is 7.80. The van der Waals surface area contributed by atoms with Crippen LogP contribution in [0.4, 0.5) is 0 Å². The van der Waals surface area contributed by atoms with E-state index < -0.39 is 0 Å². The minimum atomic E-state index is 0.711. The van der Waals surface area contributed by atoms with Crippen molar-refractivity contribution >= 4 is 0 Å². The van der Waals surface area contributed by atoms with Crippen LogP contribution in [0.2, 0.25) is 0 Å². The summed E-state index contributed by atoms with van der Waals surface area (Å²) in [6.07, 6.45) is 8.27. The summed E-state index contributed by atoms with van der Waals surface area (Å²) >= 11 is 0. The van der Waals surface area contributed by atoms with Crippen molar-refractivity contribution in [2.45, 2.75) is 52.4 Å². The van der Waals surface area contributed by atoms with E-state index in [2.05, 4.69) is 18.7 Å². The first-order valence-corrected chi connectivity index (χ1v) is 7.22. The van der Waals surface area contributed by atoms with Crippen LogP contribution < -0.4 is 5.73 Å². The molecular formula is C14H30N2. The summed E-state index contributed by atoms with van der Waals surface area (Å²) in [5.41, 5.74) is 5.79. The van der Waals surface area contributed by atoms with Gasteiger partial charge in [0, 0.05) is 6.54 Å². The third-order valence-corrected chi connectivity index (χ3v) is 4.06. The van der Waals surface area contributed by atoms with Gasteiger partial charge in [-0.15, -0.1) is 0 Å². The molecule has 1 heterocycles. The second kappa shape index (κ2) is 8.08. The van der Waals surface area contributed by atoms with E-state index in [-0.39, 0.29) is 0 Å². The molecule has 2 heteroatoms. The smallest absolute Gasteiger partial charge is 0.00216 e. The fourth-order valence-corrected chi connectivity index (χ4v) is 2.84. The Morgan fingerprint density at radius 2 is 2.06 bits per heavy atom. The van der Waals surface area contributed by atoms with Crippen LogP contribution in [0.3, 0.4) is 0 Å². The molecule has 1 rings (SSSR count). The molecule has 0 spiro atoms. The summed E-state index contributed by atoms with van der Waals surface area (Å²) in [5, 5.41) is 0. The molecule has 1 aliphatic heterocycles. The second-order valence-electron chi connectivity index (χ2n) is 5.40. The quantitative estimate of drug-likeness (QED) is 0.754. The number of likely N-dealkylation sites (tertiary alicyclic amines) is 1. The summed E-state index contributed by atoms with van der Waals surface area (Å²) in [6, 6.07) is 0. The van der Waals surface area contributed by atoms with Gasteiger partial charge < -0.3 is 10.6 Å². The lowest BCUT2D eigenvalue weighted by atomic mass is 9.96. The van der Waals surface area contributed by atoms with Gasteiger partial charge >= 0.3 is 0 Å². The van der Waals surface area contributed by atoms with E-state index in [1.807, 2.05) is 0 Å². The lowest BCUT2D eigenvalue weighted by Gasteiger charge is -2.24. The lowest BCUT2D eigenvalue weighted by molar-refractivity contribution is 0.234. The van der Waals surface area contributed by atoms with Gasteiger partial charge in [-0.25, -0.2) is 0 Å². The van der Waals surface area contributed by atoms with Crippen LogP contribution in [0.15, 0.2) is 0 Å². The first kappa shape index (κ1) is 14.0. The van der Waals surface area contributed by atoms with E-state index in [1.54, 1.807) is 0 Å². The van der Waals surface area contributed by atoms with Crippen LogP contribution in [-0.2, 0) is 0 Å². The Balaban J connectivity index is 2.29. The van der Waals surface area contributed by atoms with Gasteiger partial charge in [-0.05, 0) is 50.7 Å². The van der Waals surface area contributed by atoms with Crippen molar-refractivity contribution in [3.8, 4) is 0 Å². The fourth-order valence-electron chi connectivity index (χ4n) is 2.84. The van der Waals surface area contributed by atoms with Gasteiger partial charge in [0.05, 0.1) is 0 Å². The van der Waals surface area contributed by atoms with Crippen LogP contribution in [0.25, 0.3) is 0 Å². The average Bonchev–Trinajstić information content (AvgIpc) is 2.52. The molecule has 0 bridgehead atoms. The average molecular weight is 226 g/mol. The Bertz CT molecular complexity index is 166. The molecule has 2 unspecified atom stereocenters. The molecule has 1 fully saturated rings. The molecule has 0 aromatic carbocycles. The monoisotopic (exact) mass is 226 g/mol. The summed E-state index contributed by atoms with van der Waals surface area (Å²) in [5.74, 6) is 1.70. The molecule has 16 heavy (non-hydrogen) atoms. The third-order valence-electron chi connectivity index (χ3n) is 4.06. The predicted molar refractivity (Wildman–Crippen MR) is 71.5 cm³/mol. The number of hydrogen-bond acceptors (Lipinski definition) is 2. The Morgan fingerprint density at radius 3 is 2.69 bits per heavy atom. The summed E-state index contributed by atoms with van der Waals surface area (Å²) in [6.45, 7) is 9.26. The van der Waals surface area contributed by atoms with E-state index >= 15 is 0 Å². The van der Waals surface area contributed by atoms with Gasteiger partial charge in [0.25, 0.3) is 0 Å². The van der Waals surface area contributed by atoms with Crippen LogP contribution in [0.1, 0.15) is 52.4 Å². The molecule has 96 valence electrons. The highest BCUT2D eigenvalue weighted by Crippen LogP contribution is 2.22. The largest absolute Gasteiger partial charge is 0.330 e. The Labute approximate surface area is 102 Å². The van der Waals surface area contributed by atoms with E-state index in [0.717, 1.165) is 12.5 Å². The normalized spacial score (nSPS) is 25.3. The lowest BCUT2D eigenvalue weighted by Crippen LogP contribution is -2.33. The van der Waals surface area contributed by atoms with Crippen molar-refractivity contribution in [1.82, 2.24) is 4.90 Å². The third kappa shape index (κ3) is 4.84. The SMILES string of the molecule is CCCC1CCCN(CC(CC)CN)CC1. The van der Waals surface area contributed by atoms with Crippen LogP contribution in [0, 0.1) is 11.8 Å². The zero-order valence-corrected chi connectivity index (χ0v) is 11.3. The molecule has 1 aliphatic rings.